The van der Waals surface area contributed by atoms with E-state index in [9.17, 15) is 19.2 Å². The lowest BCUT2D eigenvalue weighted by atomic mass is 9.92. The number of carboxylic acids is 3. The Hall–Kier alpha value is -2.08. The average molecular weight is 408 g/mol. The molecule has 0 aromatic heterocycles. The van der Waals surface area contributed by atoms with E-state index in [0.717, 1.165) is 0 Å². The maximum absolute atomic E-state index is 10.6. The summed E-state index contributed by atoms with van der Waals surface area (Å²) in [5.74, 6) is -3.07. The summed E-state index contributed by atoms with van der Waals surface area (Å²) in [5, 5.41) is 26.1. The third kappa shape index (κ3) is 15.0. The van der Waals surface area contributed by atoms with Crippen molar-refractivity contribution >= 4 is 24.2 Å². The van der Waals surface area contributed by atoms with E-state index < -0.39 is 23.3 Å². The molecule has 0 atom stereocenters. The van der Waals surface area contributed by atoms with Gasteiger partial charge in [-0.25, -0.2) is 0 Å². The first kappa shape index (κ1) is 25.9. The summed E-state index contributed by atoms with van der Waals surface area (Å²) in [6.07, 6.45) is 0.249. The maximum Gasteiger partial charge on any atom is 0.305 e. The molecule has 0 saturated carbocycles. The Labute approximate surface area is 162 Å². The van der Waals surface area contributed by atoms with Crippen molar-refractivity contribution < 1.29 is 53.4 Å². The van der Waals surface area contributed by atoms with Crippen LogP contribution in [0.3, 0.4) is 0 Å². The lowest BCUT2D eigenvalue weighted by molar-refractivity contribution is -0.141. The van der Waals surface area contributed by atoms with Crippen LogP contribution in [0, 0.1) is 5.41 Å². The number of aldehydes is 1. The molecule has 0 spiro atoms. The highest BCUT2D eigenvalue weighted by Gasteiger charge is 2.32. The van der Waals surface area contributed by atoms with Crippen LogP contribution in [0.5, 0.6) is 0 Å². The summed E-state index contributed by atoms with van der Waals surface area (Å²) in [5.41, 5.74) is -0.918. The molecule has 0 aromatic carbocycles. The number of carboxylic acid groups (broad SMARTS) is 3. The Kier molecular flexibility index (Phi) is 14.7. The van der Waals surface area contributed by atoms with E-state index in [1.165, 1.54) is 0 Å². The largest absolute Gasteiger partial charge is 0.481 e. The predicted octanol–water partition coefficient (Wildman–Crippen LogP) is 0.0523. The van der Waals surface area contributed by atoms with E-state index in [-0.39, 0.29) is 78.5 Å². The van der Waals surface area contributed by atoms with Crippen molar-refractivity contribution in [3.05, 3.63) is 0 Å². The van der Waals surface area contributed by atoms with Crippen LogP contribution < -0.4 is 0 Å². The standard InChI is InChI=1S/C17H28O11/c18-5-1-6-25-10-17(11-26-7-2-14(19)20,12-27-8-3-15(21)22)13-28-9-4-16(23)24/h5H,1-4,6-13H2,(H,19,20)(H,21,22)(H,23,24). The Morgan fingerprint density at radius 3 is 1.25 bits per heavy atom. The lowest BCUT2D eigenvalue weighted by Crippen LogP contribution is -2.42. The Morgan fingerprint density at radius 2 is 0.964 bits per heavy atom. The van der Waals surface area contributed by atoms with Crippen LogP contribution in [0.2, 0.25) is 0 Å². The van der Waals surface area contributed by atoms with Crippen LogP contribution in [0.1, 0.15) is 25.7 Å². The Balaban J connectivity index is 4.88. The van der Waals surface area contributed by atoms with Crippen molar-refractivity contribution in [2.45, 2.75) is 25.7 Å². The number of ether oxygens (including phenoxy) is 4. The van der Waals surface area contributed by atoms with E-state index in [1.807, 2.05) is 0 Å². The van der Waals surface area contributed by atoms with Gasteiger partial charge in [0, 0.05) is 6.42 Å². The second kappa shape index (κ2) is 15.9. The van der Waals surface area contributed by atoms with Crippen LogP contribution in [-0.4, -0.2) is 92.4 Å². The minimum Gasteiger partial charge on any atom is -0.481 e. The van der Waals surface area contributed by atoms with Gasteiger partial charge in [0.05, 0.1) is 77.5 Å². The summed E-state index contributed by atoms with van der Waals surface area (Å²) in [4.78, 5) is 42.3. The fraction of sp³-hybridized carbons (Fsp3) is 0.765. The summed E-state index contributed by atoms with van der Waals surface area (Å²) in [7, 11) is 0. The molecule has 0 aliphatic rings. The SMILES string of the molecule is O=CCCOCC(COCCC(=O)O)(COCCC(=O)O)COCCC(=O)O. The molecule has 0 heterocycles. The molecule has 0 aliphatic carbocycles. The van der Waals surface area contributed by atoms with E-state index >= 15 is 0 Å². The van der Waals surface area contributed by atoms with Gasteiger partial charge in [0.25, 0.3) is 0 Å². The fourth-order valence-corrected chi connectivity index (χ4v) is 2.01. The summed E-state index contributed by atoms with van der Waals surface area (Å²) in [6, 6.07) is 0. The molecule has 11 nitrogen and oxygen atoms in total. The normalized spacial score (nSPS) is 11.3. The number of aliphatic carboxylic acids is 3. The van der Waals surface area contributed by atoms with E-state index in [1.54, 1.807) is 0 Å². The highest BCUT2D eigenvalue weighted by Crippen LogP contribution is 2.21. The molecule has 0 unspecified atom stereocenters. The molecule has 28 heavy (non-hydrogen) atoms. The maximum atomic E-state index is 10.6. The van der Waals surface area contributed by atoms with Crippen molar-refractivity contribution in [3.8, 4) is 0 Å². The molecular weight excluding hydrogens is 380 g/mol. The minimum absolute atomic E-state index is 0.0124. The van der Waals surface area contributed by atoms with Crippen LogP contribution in [0.4, 0.5) is 0 Å². The molecule has 0 aromatic rings. The van der Waals surface area contributed by atoms with Gasteiger partial charge in [0.15, 0.2) is 0 Å². The minimum atomic E-state index is -1.02. The quantitative estimate of drug-likeness (QED) is 0.184. The molecule has 0 rings (SSSR count). The highest BCUT2D eigenvalue weighted by atomic mass is 16.5. The van der Waals surface area contributed by atoms with Gasteiger partial charge < -0.3 is 39.1 Å². The number of hydrogen-bond acceptors (Lipinski definition) is 8. The zero-order chi connectivity index (χ0) is 21.3. The van der Waals surface area contributed by atoms with Gasteiger partial charge in [0.2, 0.25) is 0 Å². The Bertz CT molecular complexity index is 423. The van der Waals surface area contributed by atoms with E-state index in [0.29, 0.717) is 6.29 Å². The van der Waals surface area contributed by atoms with Gasteiger partial charge in [0.1, 0.15) is 6.29 Å². The Morgan fingerprint density at radius 1 is 0.643 bits per heavy atom. The summed E-state index contributed by atoms with van der Waals surface area (Å²) >= 11 is 0. The van der Waals surface area contributed by atoms with Gasteiger partial charge in [-0.2, -0.15) is 0 Å². The second-order valence-corrected chi connectivity index (χ2v) is 6.10. The van der Waals surface area contributed by atoms with Gasteiger partial charge >= 0.3 is 17.9 Å². The van der Waals surface area contributed by atoms with Crippen molar-refractivity contribution in [1.29, 1.82) is 0 Å². The third-order valence-corrected chi connectivity index (χ3v) is 3.39. The summed E-state index contributed by atoms with van der Waals surface area (Å²) in [6.45, 7) is -0.0375. The zero-order valence-electron chi connectivity index (χ0n) is 15.7. The molecule has 3 N–H and O–H groups in total. The topological polar surface area (TPSA) is 166 Å². The predicted molar refractivity (Wildman–Crippen MR) is 93.1 cm³/mol. The van der Waals surface area contributed by atoms with Crippen LogP contribution in [0.25, 0.3) is 0 Å². The van der Waals surface area contributed by atoms with Gasteiger partial charge in [-0.15, -0.1) is 0 Å². The van der Waals surface area contributed by atoms with Crippen molar-refractivity contribution in [1.82, 2.24) is 0 Å². The summed E-state index contributed by atoms with van der Waals surface area (Å²) < 4.78 is 21.7. The second-order valence-electron chi connectivity index (χ2n) is 6.10. The smallest absolute Gasteiger partial charge is 0.305 e. The number of carbonyl (C=O) groups is 4. The molecule has 0 bridgehead atoms. The average Bonchev–Trinajstić information content (AvgIpc) is 2.62. The van der Waals surface area contributed by atoms with Gasteiger partial charge in [-0.1, -0.05) is 0 Å². The molecule has 0 amide bonds. The van der Waals surface area contributed by atoms with Gasteiger partial charge in [-0.3, -0.25) is 14.4 Å². The first-order chi connectivity index (χ1) is 13.3. The molecule has 11 heteroatoms. The molecule has 0 radical (unpaired) electrons. The monoisotopic (exact) mass is 408 g/mol. The molecule has 162 valence electrons. The molecule has 0 saturated heterocycles. The van der Waals surface area contributed by atoms with Crippen molar-refractivity contribution in [3.63, 3.8) is 0 Å². The molecule has 0 aliphatic heterocycles. The van der Waals surface area contributed by atoms with Crippen LogP contribution >= 0.6 is 0 Å². The number of hydrogen-bond donors (Lipinski definition) is 3. The van der Waals surface area contributed by atoms with Crippen molar-refractivity contribution in [2.75, 3.05) is 52.9 Å². The van der Waals surface area contributed by atoms with Gasteiger partial charge in [-0.05, 0) is 0 Å². The third-order valence-electron chi connectivity index (χ3n) is 3.39. The van der Waals surface area contributed by atoms with Crippen LogP contribution in [0.15, 0.2) is 0 Å². The highest BCUT2D eigenvalue weighted by molar-refractivity contribution is 5.67. The fourth-order valence-electron chi connectivity index (χ4n) is 2.01. The number of rotatable bonds is 20. The zero-order valence-corrected chi connectivity index (χ0v) is 15.7. The van der Waals surface area contributed by atoms with E-state index in [4.69, 9.17) is 34.3 Å². The van der Waals surface area contributed by atoms with E-state index in [2.05, 4.69) is 0 Å². The first-order valence-electron chi connectivity index (χ1n) is 8.71. The lowest BCUT2D eigenvalue weighted by Gasteiger charge is -2.33. The van der Waals surface area contributed by atoms with Crippen molar-refractivity contribution in [2.24, 2.45) is 5.41 Å². The number of carbonyl (C=O) groups excluding carboxylic acids is 1. The van der Waals surface area contributed by atoms with Crippen LogP contribution in [-0.2, 0) is 38.1 Å². The molecular formula is C17H28O11. The molecule has 0 fully saturated rings. The first-order valence-corrected chi connectivity index (χ1v) is 8.71.